The fraction of sp³-hybridized carbons (Fsp3) is 0.240. The van der Waals surface area contributed by atoms with Gasteiger partial charge < -0.3 is 14.8 Å². The molecule has 1 fully saturated rings. The van der Waals surface area contributed by atoms with Crippen LogP contribution < -0.4 is 14.8 Å². The van der Waals surface area contributed by atoms with Crippen LogP contribution >= 0.6 is 11.6 Å². The lowest BCUT2D eigenvalue weighted by Gasteiger charge is -2.26. The highest BCUT2D eigenvalue weighted by molar-refractivity contribution is 7.92. The monoisotopic (exact) mass is 579 g/mol. The fourth-order valence-corrected chi connectivity index (χ4v) is 6.53. The first-order valence-corrected chi connectivity index (χ1v) is 14.8. The van der Waals surface area contributed by atoms with Gasteiger partial charge in [0.15, 0.2) is 0 Å². The first-order chi connectivity index (χ1) is 18.0. The minimum atomic E-state index is -3.89. The minimum absolute atomic E-state index is 0.00366. The molecule has 3 aromatic rings. The summed E-state index contributed by atoms with van der Waals surface area (Å²) in [5.41, 5.74) is 1.28. The van der Waals surface area contributed by atoms with E-state index in [1.165, 1.54) is 59.9 Å². The summed E-state index contributed by atoms with van der Waals surface area (Å²) in [5, 5.41) is 2.65. The number of nitrogens with zero attached hydrogens (tertiary/aromatic N) is 1. The number of rotatable bonds is 8. The molecule has 2 N–H and O–H groups in total. The third-order valence-corrected chi connectivity index (χ3v) is 9.42. The van der Waals surface area contributed by atoms with Crippen LogP contribution in [0.2, 0.25) is 5.02 Å². The molecular formula is C25H26ClN3O7S2. The Labute approximate surface area is 226 Å². The number of hydrogen-bond donors (Lipinski definition) is 2. The molecule has 4 rings (SSSR count). The molecule has 0 spiro atoms. The second kappa shape index (κ2) is 11.3. The number of methoxy groups -OCH3 is 1. The van der Waals surface area contributed by atoms with Crippen molar-refractivity contribution in [3.63, 3.8) is 0 Å². The van der Waals surface area contributed by atoms with Gasteiger partial charge in [-0.2, -0.15) is 4.31 Å². The third kappa shape index (κ3) is 6.11. The van der Waals surface area contributed by atoms with Crippen LogP contribution in [0.15, 0.2) is 70.5 Å². The Bertz CT molecular complexity index is 1550. The van der Waals surface area contributed by atoms with Gasteiger partial charge in [0.05, 0.1) is 46.5 Å². The molecule has 38 heavy (non-hydrogen) atoms. The van der Waals surface area contributed by atoms with Crippen molar-refractivity contribution in [3.8, 4) is 5.75 Å². The van der Waals surface area contributed by atoms with Gasteiger partial charge in [0, 0.05) is 18.7 Å². The molecule has 0 atom stereocenters. The number of ether oxygens (including phenoxy) is 2. The average Bonchev–Trinajstić information content (AvgIpc) is 2.90. The maximum Gasteiger partial charge on any atom is 0.261 e. The van der Waals surface area contributed by atoms with Crippen molar-refractivity contribution < 1.29 is 31.1 Å². The molecule has 0 aliphatic carbocycles. The summed E-state index contributed by atoms with van der Waals surface area (Å²) >= 11 is 6.30. The summed E-state index contributed by atoms with van der Waals surface area (Å²) < 4.78 is 65.8. The van der Waals surface area contributed by atoms with Crippen LogP contribution in [0, 0.1) is 6.92 Å². The van der Waals surface area contributed by atoms with E-state index in [4.69, 9.17) is 21.1 Å². The van der Waals surface area contributed by atoms with Crippen LogP contribution in [0.4, 0.5) is 11.4 Å². The summed E-state index contributed by atoms with van der Waals surface area (Å²) in [6.07, 6.45) is 0. The van der Waals surface area contributed by atoms with E-state index in [1.54, 1.807) is 12.1 Å². The Morgan fingerprint density at radius 2 is 1.58 bits per heavy atom. The standard InChI is InChI=1S/C25H26ClN3O7S2/c1-17-3-6-19(7-4-17)37(31,32)28-22-9-5-18(15-21(22)26)25(30)27-23-16-20(8-10-24(23)35-2)38(33,34)29-11-13-36-14-12-29/h3-10,15-16,28H,11-14H2,1-2H3,(H,27,30). The second-order valence-corrected chi connectivity index (χ2v) is 12.5. The van der Waals surface area contributed by atoms with Gasteiger partial charge in [-0.25, -0.2) is 16.8 Å². The molecule has 1 amide bonds. The molecule has 3 aromatic carbocycles. The number of nitrogens with one attached hydrogen (secondary N) is 2. The number of sulfonamides is 2. The van der Waals surface area contributed by atoms with Crippen LogP contribution in [0.1, 0.15) is 15.9 Å². The maximum atomic E-state index is 13.1. The number of benzene rings is 3. The SMILES string of the molecule is COc1ccc(S(=O)(=O)N2CCOCC2)cc1NC(=O)c1ccc(NS(=O)(=O)c2ccc(C)cc2)c(Cl)c1. The largest absolute Gasteiger partial charge is 0.495 e. The van der Waals surface area contributed by atoms with E-state index < -0.39 is 26.0 Å². The summed E-state index contributed by atoms with van der Waals surface area (Å²) in [6, 6.07) is 14.6. The van der Waals surface area contributed by atoms with Crippen LogP contribution in [0.3, 0.4) is 0 Å². The van der Waals surface area contributed by atoms with Crippen LogP contribution in [0.25, 0.3) is 0 Å². The number of anilines is 2. The Morgan fingerprint density at radius 1 is 0.921 bits per heavy atom. The predicted molar refractivity (Wildman–Crippen MR) is 144 cm³/mol. The lowest BCUT2D eigenvalue weighted by Crippen LogP contribution is -2.40. The first-order valence-electron chi connectivity index (χ1n) is 11.5. The van der Waals surface area contributed by atoms with E-state index in [0.717, 1.165) is 5.56 Å². The number of aryl methyl sites for hydroxylation is 1. The fourth-order valence-electron chi connectivity index (χ4n) is 3.74. The van der Waals surface area contributed by atoms with Gasteiger partial charge >= 0.3 is 0 Å². The molecule has 0 aromatic heterocycles. The highest BCUT2D eigenvalue weighted by atomic mass is 35.5. The summed E-state index contributed by atoms with van der Waals surface area (Å²) in [6.45, 7) is 2.91. The Kier molecular flexibility index (Phi) is 8.28. The number of halogens is 1. The highest BCUT2D eigenvalue weighted by Gasteiger charge is 2.27. The van der Waals surface area contributed by atoms with Crippen molar-refractivity contribution in [3.05, 3.63) is 76.8 Å². The van der Waals surface area contributed by atoms with Crippen LogP contribution in [-0.2, 0) is 24.8 Å². The zero-order valence-electron chi connectivity index (χ0n) is 20.6. The quantitative estimate of drug-likeness (QED) is 0.416. The zero-order valence-corrected chi connectivity index (χ0v) is 23.0. The molecule has 0 radical (unpaired) electrons. The first kappa shape index (κ1) is 27.9. The van der Waals surface area contributed by atoms with Crippen molar-refractivity contribution in [2.24, 2.45) is 0 Å². The molecule has 0 unspecified atom stereocenters. The summed E-state index contributed by atoms with van der Waals surface area (Å²) in [4.78, 5) is 13.1. The number of carbonyl (C=O) groups excluding carboxylic acids is 1. The van der Waals surface area contributed by atoms with Gasteiger partial charge in [-0.1, -0.05) is 29.3 Å². The van der Waals surface area contributed by atoms with Gasteiger partial charge in [-0.15, -0.1) is 0 Å². The molecule has 1 aliphatic rings. The summed E-state index contributed by atoms with van der Waals surface area (Å²) in [5.74, 6) is -0.341. The van der Waals surface area contributed by atoms with Gasteiger partial charge in [0.1, 0.15) is 5.75 Å². The molecule has 1 heterocycles. The van der Waals surface area contributed by atoms with Gasteiger partial charge in [-0.05, 0) is 55.5 Å². The normalized spacial score (nSPS) is 14.6. The number of morpholine rings is 1. The van der Waals surface area contributed by atoms with E-state index in [9.17, 15) is 21.6 Å². The topological polar surface area (TPSA) is 131 Å². The molecule has 202 valence electrons. The van der Waals surface area contributed by atoms with E-state index in [0.29, 0.717) is 13.2 Å². The van der Waals surface area contributed by atoms with Crippen molar-refractivity contribution in [1.82, 2.24) is 4.31 Å². The lowest BCUT2D eigenvalue weighted by atomic mass is 10.2. The maximum absolute atomic E-state index is 13.1. The van der Waals surface area contributed by atoms with Crippen molar-refractivity contribution in [2.45, 2.75) is 16.7 Å². The molecule has 0 bridgehead atoms. The van der Waals surface area contributed by atoms with Gasteiger partial charge in [-0.3, -0.25) is 9.52 Å². The second-order valence-electron chi connectivity index (χ2n) is 8.45. The van der Waals surface area contributed by atoms with E-state index in [-0.39, 0.29) is 50.6 Å². The Hall–Kier alpha value is -3.16. The average molecular weight is 580 g/mol. The van der Waals surface area contributed by atoms with Crippen molar-refractivity contribution >= 4 is 48.9 Å². The molecule has 13 heteroatoms. The van der Waals surface area contributed by atoms with Gasteiger partial charge in [0.2, 0.25) is 10.0 Å². The Balaban J connectivity index is 1.54. The predicted octanol–water partition coefficient (Wildman–Crippen LogP) is 3.73. The summed E-state index contributed by atoms with van der Waals surface area (Å²) in [7, 11) is -6.30. The molecule has 1 aliphatic heterocycles. The van der Waals surface area contributed by atoms with E-state index in [1.807, 2.05) is 6.92 Å². The number of hydrogen-bond acceptors (Lipinski definition) is 7. The Morgan fingerprint density at radius 3 is 2.21 bits per heavy atom. The van der Waals surface area contributed by atoms with Crippen molar-refractivity contribution in [1.29, 1.82) is 0 Å². The molecule has 0 saturated carbocycles. The number of carbonyl (C=O) groups is 1. The van der Waals surface area contributed by atoms with Crippen molar-refractivity contribution in [2.75, 3.05) is 43.5 Å². The smallest absolute Gasteiger partial charge is 0.261 e. The van der Waals surface area contributed by atoms with E-state index >= 15 is 0 Å². The number of amides is 1. The van der Waals surface area contributed by atoms with Gasteiger partial charge in [0.25, 0.3) is 15.9 Å². The molecule has 1 saturated heterocycles. The molecule has 10 nitrogen and oxygen atoms in total. The highest BCUT2D eigenvalue weighted by Crippen LogP contribution is 2.31. The minimum Gasteiger partial charge on any atom is -0.495 e. The lowest BCUT2D eigenvalue weighted by molar-refractivity contribution is 0.0730. The van der Waals surface area contributed by atoms with Crippen LogP contribution in [0.5, 0.6) is 5.75 Å². The third-order valence-electron chi connectivity index (χ3n) is 5.83. The van der Waals surface area contributed by atoms with E-state index in [2.05, 4.69) is 10.0 Å². The molecular weight excluding hydrogens is 554 g/mol. The van der Waals surface area contributed by atoms with Crippen LogP contribution in [-0.4, -0.2) is 60.5 Å². The zero-order chi connectivity index (χ0) is 27.5.